The molecule has 1 heterocycles. The minimum atomic E-state index is 0.648. The van der Waals surface area contributed by atoms with Gasteiger partial charge in [0.1, 0.15) is 5.75 Å². The molecule has 0 amide bonds. The molecule has 0 bridgehead atoms. The van der Waals surface area contributed by atoms with E-state index in [4.69, 9.17) is 16.3 Å². The lowest BCUT2D eigenvalue weighted by Gasteiger charge is -2.04. The van der Waals surface area contributed by atoms with E-state index in [0.717, 1.165) is 16.3 Å². The molecule has 0 N–H and O–H groups in total. The average molecular weight is 278 g/mol. The van der Waals surface area contributed by atoms with Gasteiger partial charge in [0.2, 0.25) is 0 Å². The number of halogens is 1. The van der Waals surface area contributed by atoms with Crippen LogP contribution in [0.4, 0.5) is 0 Å². The molecule has 0 saturated carbocycles. The minimum Gasteiger partial charge on any atom is -0.496 e. The Bertz CT molecular complexity index is 557. The lowest BCUT2D eigenvalue weighted by Crippen LogP contribution is -1.84. The van der Waals surface area contributed by atoms with Gasteiger partial charge in [-0.3, -0.25) is 4.98 Å². The number of hydrogen-bond acceptors (Lipinski definition) is 3. The highest BCUT2D eigenvalue weighted by Gasteiger charge is 2.00. The number of rotatable bonds is 4. The molecule has 0 spiro atoms. The van der Waals surface area contributed by atoms with Gasteiger partial charge in [-0.05, 0) is 35.7 Å². The number of thioether (sulfide) groups is 1. The minimum absolute atomic E-state index is 0.648. The van der Waals surface area contributed by atoms with Gasteiger partial charge in [0.15, 0.2) is 0 Å². The Morgan fingerprint density at radius 2 is 2.06 bits per heavy atom. The van der Waals surface area contributed by atoms with Crippen LogP contribution in [0, 0.1) is 0 Å². The van der Waals surface area contributed by atoms with E-state index in [1.165, 1.54) is 0 Å². The summed E-state index contributed by atoms with van der Waals surface area (Å²) in [5.74, 6) is 0.860. The summed E-state index contributed by atoms with van der Waals surface area (Å²) in [6.45, 7) is 0. The average Bonchev–Trinajstić information content (AvgIpc) is 2.41. The molecular formula is C14H12ClNOS. The summed E-state index contributed by atoms with van der Waals surface area (Å²) in [6.07, 6.45) is 3.61. The largest absolute Gasteiger partial charge is 0.496 e. The fourth-order valence-corrected chi connectivity index (χ4v) is 2.36. The lowest BCUT2D eigenvalue weighted by atomic mass is 10.3. The molecule has 0 aliphatic heterocycles. The van der Waals surface area contributed by atoms with Crippen molar-refractivity contribution in [3.05, 3.63) is 58.7 Å². The van der Waals surface area contributed by atoms with E-state index in [9.17, 15) is 0 Å². The van der Waals surface area contributed by atoms with Crippen molar-refractivity contribution < 1.29 is 4.74 Å². The molecule has 4 heteroatoms. The molecule has 1 aromatic carbocycles. The van der Waals surface area contributed by atoms with E-state index in [2.05, 4.69) is 4.98 Å². The third kappa shape index (κ3) is 3.28. The zero-order valence-corrected chi connectivity index (χ0v) is 11.4. The molecule has 1 aromatic heterocycles. The number of pyridine rings is 1. The molecule has 0 unspecified atom stereocenters. The molecule has 0 radical (unpaired) electrons. The highest BCUT2D eigenvalue weighted by atomic mass is 35.5. The molecule has 0 aliphatic carbocycles. The highest BCUT2D eigenvalue weighted by Crippen LogP contribution is 2.30. The fraction of sp³-hybridized carbons (Fsp3) is 0.0714. The van der Waals surface area contributed by atoms with Crippen LogP contribution < -0.4 is 4.74 Å². The maximum Gasteiger partial charge on any atom is 0.132 e. The Kier molecular flexibility index (Phi) is 4.67. The SMILES string of the molecule is COc1ccccc1S/C=C/c1ncccc1Cl. The number of ether oxygens (including phenoxy) is 1. The number of hydrogen-bond donors (Lipinski definition) is 0. The number of nitrogens with zero attached hydrogens (tertiary/aromatic N) is 1. The molecule has 0 fully saturated rings. The second-order valence-corrected chi connectivity index (χ2v) is 4.80. The van der Waals surface area contributed by atoms with Crippen molar-refractivity contribution in [2.75, 3.05) is 7.11 Å². The summed E-state index contributed by atoms with van der Waals surface area (Å²) in [6, 6.07) is 11.5. The Morgan fingerprint density at radius 3 is 2.83 bits per heavy atom. The smallest absolute Gasteiger partial charge is 0.132 e. The summed E-state index contributed by atoms with van der Waals surface area (Å²) in [4.78, 5) is 5.25. The normalized spacial score (nSPS) is 10.8. The third-order valence-corrected chi connectivity index (χ3v) is 3.46. The summed E-state index contributed by atoms with van der Waals surface area (Å²) >= 11 is 7.59. The molecule has 2 nitrogen and oxygen atoms in total. The van der Waals surface area contributed by atoms with Gasteiger partial charge < -0.3 is 4.74 Å². The monoisotopic (exact) mass is 277 g/mol. The second-order valence-electron chi connectivity index (χ2n) is 3.44. The van der Waals surface area contributed by atoms with Crippen LogP contribution in [0.3, 0.4) is 0 Å². The molecule has 0 aliphatic rings. The summed E-state index contributed by atoms with van der Waals surface area (Å²) in [7, 11) is 1.67. The van der Waals surface area contributed by atoms with Crippen molar-refractivity contribution in [1.29, 1.82) is 0 Å². The fourth-order valence-electron chi connectivity index (χ4n) is 1.41. The first kappa shape index (κ1) is 13.0. The first-order valence-corrected chi connectivity index (χ1v) is 6.64. The predicted molar refractivity (Wildman–Crippen MR) is 77.1 cm³/mol. The summed E-state index contributed by atoms with van der Waals surface area (Å²) in [5, 5.41) is 2.60. The zero-order valence-electron chi connectivity index (χ0n) is 9.84. The van der Waals surface area contributed by atoms with Gasteiger partial charge >= 0.3 is 0 Å². The van der Waals surface area contributed by atoms with Crippen LogP contribution in [0.5, 0.6) is 5.75 Å². The molecule has 18 heavy (non-hydrogen) atoms. The Hall–Kier alpha value is -1.45. The van der Waals surface area contributed by atoms with Gasteiger partial charge in [-0.15, -0.1) is 0 Å². The third-order valence-electron chi connectivity index (χ3n) is 2.28. The molecule has 0 saturated heterocycles. The first-order chi connectivity index (χ1) is 8.81. The van der Waals surface area contributed by atoms with Crippen molar-refractivity contribution in [2.24, 2.45) is 0 Å². The maximum atomic E-state index is 6.02. The second kappa shape index (κ2) is 6.47. The molecule has 2 rings (SSSR count). The quantitative estimate of drug-likeness (QED) is 0.768. The predicted octanol–water partition coefficient (Wildman–Crippen LogP) is 4.51. The van der Waals surface area contributed by atoms with Crippen LogP contribution in [-0.2, 0) is 0 Å². The van der Waals surface area contributed by atoms with E-state index in [-0.39, 0.29) is 0 Å². The van der Waals surface area contributed by atoms with Gasteiger partial charge in [-0.25, -0.2) is 0 Å². The van der Waals surface area contributed by atoms with Gasteiger partial charge in [0.05, 0.1) is 22.7 Å². The number of benzene rings is 1. The molecule has 0 atom stereocenters. The summed E-state index contributed by atoms with van der Waals surface area (Å²) < 4.78 is 5.28. The highest BCUT2D eigenvalue weighted by molar-refractivity contribution is 8.02. The first-order valence-electron chi connectivity index (χ1n) is 5.38. The van der Waals surface area contributed by atoms with Crippen molar-refractivity contribution >= 4 is 29.4 Å². The molecule has 2 aromatic rings. The van der Waals surface area contributed by atoms with Crippen LogP contribution in [0.1, 0.15) is 5.69 Å². The van der Waals surface area contributed by atoms with Crippen LogP contribution >= 0.6 is 23.4 Å². The van der Waals surface area contributed by atoms with Crippen LogP contribution in [0.15, 0.2) is 52.9 Å². The lowest BCUT2D eigenvalue weighted by molar-refractivity contribution is 0.405. The van der Waals surface area contributed by atoms with Crippen LogP contribution in [-0.4, -0.2) is 12.1 Å². The number of aromatic nitrogens is 1. The van der Waals surface area contributed by atoms with Gasteiger partial charge in [0.25, 0.3) is 0 Å². The summed E-state index contributed by atoms with van der Waals surface area (Å²) in [5.41, 5.74) is 0.765. The van der Waals surface area contributed by atoms with Gasteiger partial charge in [-0.2, -0.15) is 0 Å². The topological polar surface area (TPSA) is 22.1 Å². The van der Waals surface area contributed by atoms with Crippen molar-refractivity contribution in [1.82, 2.24) is 4.98 Å². The Morgan fingerprint density at radius 1 is 1.22 bits per heavy atom. The van der Waals surface area contributed by atoms with E-state index >= 15 is 0 Å². The Labute approximate surface area is 116 Å². The number of methoxy groups -OCH3 is 1. The van der Waals surface area contributed by atoms with E-state index in [1.54, 1.807) is 25.1 Å². The zero-order chi connectivity index (χ0) is 12.8. The molecule has 92 valence electrons. The van der Waals surface area contributed by atoms with Crippen LogP contribution in [0.25, 0.3) is 6.08 Å². The maximum absolute atomic E-state index is 6.02. The van der Waals surface area contributed by atoms with E-state index in [1.807, 2.05) is 47.9 Å². The van der Waals surface area contributed by atoms with Crippen molar-refractivity contribution in [2.45, 2.75) is 4.90 Å². The van der Waals surface area contributed by atoms with Gasteiger partial charge in [0, 0.05) is 6.20 Å². The van der Waals surface area contributed by atoms with E-state index in [0.29, 0.717) is 5.02 Å². The standard InChI is InChI=1S/C14H12ClNOS/c1-17-13-6-2-3-7-14(13)18-10-8-12-11(15)5-4-9-16-12/h2-10H,1H3/b10-8+. The van der Waals surface area contributed by atoms with Crippen LogP contribution in [0.2, 0.25) is 5.02 Å². The van der Waals surface area contributed by atoms with Crippen molar-refractivity contribution in [3.8, 4) is 5.75 Å². The Balaban J connectivity index is 2.10. The van der Waals surface area contributed by atoms with E-state index < -0.39 is 0 Å². The van der Waals surface area contributed by atoms with Gasteiger partial charge in [-0.1, -0.05) is 35.5 Å². The van der Waals surface area contributed by atoms with Crippen molar-refractivity contribution in [3.63, 3.8) is 0 Å². The number of para-hydroxylation sites is 1. The molecular weight excluding hydrogens is 266 g/mol.